The number of hydrogen-bond acceptors (Lipinski definition) is 4. The van der Waals surface area contributed by atoms with Crippen molar-refractivity contribution in [2.45, 2.75) is 31.7 Å². The largest absolute Gasteiger partial charge is 0.481 e. The molecule has 0 heterocycles. The van der Waals surface area contributed by atoms with Crippen molar-refractivity contribution < 1.29 is 33.0 Å². The average Bonchev–Trinajstić information content (AvgIpc) is 3.21. The SMILES string of the molecule is CC(C)C(NC(=O)OCC1c2ccccc2-c2ccccc21)C(=O)NCC1C(C(=O)O)C1(F)F. The highest BCUT2D eigenvalue weighted by Gasteiger charge is 2.72. The lowest BCUT2D eigenvalue weighted by atomic mass is 9.98. The predicted octanol–water partition coefficient (Wildman–Crippen LogP) is 3.63. The van der Waals surface area contributed by atoms with E-state index in [2.05, 4.69) is 10.6 Å². The first-order chi connectivity index (χ1) is 16.1. The van der Waals surface area contributed by atoms with Gasteiger partial charge in [-0.05, 0) is 28.2 Å². The van der Waals surface area contributed by atoms with Gasteiger partial charge >= 0.3 is 12.1 Å². The van der Waals surface area contributed by atoms with Crippen molar-refractivity contribution >= 4 is 18.0 Å². The molecule has 2 amide bonds. The third kappa shape index (κ3) is 4.34. The van der Waals surface area contributed by atoms with Gasteiger partial charge in [0, 0.05) is 12.5 Å². The summed E-state index contributed by atoms with van der Waals surface area (Å²) in [6, 6.07) is 14.8. The molecule has 0 aromatic heterocycles. The Kier molecular flexibility index (Phi) is 6.29. The minimum atomic E-state index is -3.35. The van der Waals surface area contributed by atoms with E-state index >= 15 is 0 Å². The van der Waals surface area contributed by atoms with Crippen LogP contribution in [-0.4, -0.2) is 48.2 Å². The van der Waals surface area contributed by atoms with Gasteiger partial charge in [-0.1, -0.05) is 62.4 Å². The van der Waals surface area contributed by atoms with Crippen LogP contribution in [0.25, 0.3) is 11.1 Å². The Labute approximate surface area is 195 Å². The number of rotatable bonds is 8. The number of alkyl halides is 2. The summed E-state index contributed by atoms with van der Waals surface area (Å²) >= 11 is 0. The van der Waals surface area contributed by atoms with Crippen LogP contribution in [0.1, 0.15) is 30.9 Å². The summed E-state index contributed by atoms with van der Waals surface area (Å²) in [6.07, 6.45) is -0.795. The van der Waals surface area contributed by atoms with Crippen molar-refractivity contribution in [2.75, 3.05) is 13.2 Å². The summed E-state index contributed by atoms with van der Waals surface area (Å²) < 4.78 is 32.6. The molecule has 0 aliphatic heterocycles. The van der Waals surface area contributed by atoms with E-state index in [9.17, 15) is 23.2 Å². The highest BCUT2D eigenvalue weighted by atomic mass is 19.3. The topological polar surface area (TPSA) is 105 Å². The maximum atomic E-state index is 13.6. The van der Waals surface area contributed by atoms with Gasteiger partial charge in [-0.15, -0.1) is 0 Å². The number of fused-ring (bicyclic) bond motifs is 3. The number of carboxylic acids is 1. The number of alkyl carbamates (subject to hydrolysis) is 1. The zero-order valence-electron chi connectivity index (χ0n) is 18.8. The zero-order valence-corrected chi connectivity index (χ0v) is 18.8. The van der Waals surface area contributed by atoms with Gasteiger partial charge in [-0.3, -0.25) is 9.59 Å². The van der Waals surface area contributed by atoms with Gasteiger partial charge in [0.1, 0.15) is 18.6 Å². The highest BCUT2D eigenvalue weighted by molar-refractivity contribution is 5.86. The second-order valence-corrected chi connectivity index (χ2v) is 9.03. The smallest absolute Gasteiger partial charge is 0.407 e. The lowest BCUT2D eigenvalue weighted by Gasteiger charge is -2.22. The Hall–Kier alpha value is -3.49. The first-order valence-corrected chi connectivity index (χ1v) is 11.1. The van der Waals surface area contributed by atoms with Crippen LogP contribution in [0.3, 0.4) is 0 Å². The first kappa shape index (κ1) is 23.7. The number of ether oxygens (including phenoxy) is 1. The molecular weight excluding hydrogens is 446 g/mol. The summed E-state index contributed by atoms with van der Waals surface area (Å²) in [5.74, 6) is -9.38. The number of hydrogen-bond donors (Lipinski definition) is 3. The molecule has 7 nitrogen and oxygen atoms in total. The molecule has 0 saturated heterocycles. The molecule has 0 bridgehead atoms. The van der Waals surface area contributed by atoms with E-state index in [1.54, 1.807) is 13.8 Å². The molecule has 9 heteroatoms. The van der Waals surface area contributed by atoms with E-state index in [1.807, 2.05) is 48.5 Å². The van der Waals surface area contributed by atoms with Gasteiger partial charge in [0.25, 0.3) is 5.92 Å². The van der Waals surface area contributed by atoms with Crippen molar-refractivity contribution in [3.05, 3.63) is 59.7 Å². The maximum absolute atomic E-state index is 13.6. The first-order valence-electron chi connectivity index (χ1n) is 11.1. The van der Waals surface area contributed by atoms with E-state index in [0.717, 1.165) is 22.3 Å². The minimum absolute atomic E-state index is 0.0703. The van der Waals surface area contributed by atoms with Crippen molar-refractivity contribution in [3.63, 3.8) is 0 Å². The Balaban J connectivity index is 1.35. The van der Waals surface area contributed by atoms with Crippen molar-refractivity contribution in [2.24, 2.45) is 17.8 Å². The normalized spacial score (nSPS) is 20.7. The van der Waals surface area contributed by atoms with E-state index in [1.165, 1.54) is 0 Å². The van der Waals surface area contributed by atoms with E-state index in [0.29, 0.717) is 0 Å². The van der Waals surface area contributed by atoms with Gasteiger partial charge < -0.3 is 20.5 Å². The second-order valence-electron chi connectivity index (χ2n) is 9.03. The standard InChI is InChI=1S/C25H26F2N2O5/c1-13(2)21(22(30)28-11-19-20(23(31)32)25(19,26)27)29-24(33)34-12-18-16-9-5-3-7-14(16)15-8-4-6-10-17(15)18/h3-10,13,18-21H,11-12H2,1-2H3,(H,28,30)(H,29,33)(H,31,32). The van der Waals surface area contributed by atoms with Crippen LogP contribution in [0.2, 0.25) is 0 Å². The van der Waals surface area contributed by atoms with Gasteiger partial charge in [-0.2, -0.15) is 0 Å². The molecule has 3 N–H and O–H groups in total. The lowest BCUT2D eigenvalue weighted by molar-refractivity contribution is -0.141. The maximum Gasteiger partial charge on any atom is 0.407 e. The van der Waals surface area contributed by atoms with Gasteiger partial charge in [-0.25, -0.2) is 13.6 Å². The van der Waals surface area contributed by atoms with Gasteiger partial charge in [0.2, 0.25) is 5.91 Å². The molecule has 2 aromatic rings. The number of carbonyl (C=O) groups excluding carboxylic acids is 2. The fraction of sp³-hybridized carbons (Fsp3) is 0.400. The van der Waals surface area contributed by atoms with Crippen LogP contribution in [-0.2, 0) is 14.3 Å². The van der Waals surface area contributed by atoms with Crippen LogP contribution >= 0.6 is 0 Å². The van der Waals surface area contributed by atoms with Gasteiger partial charge in [0.15, 0.2) is 0 Å². The van der Waals surface area contributed by atoms with Crippen molar-refractivity contribution in [3.8, 4) is 11.1 Å². The fourth-order valence-corrected chi connectivity index (χ4v) is 4.60. The summed E-state index contributed by atoms with van der Waals surface area (Å²) in [7, 11) is 0. The van der Waals surface area contributed by atoms with Crippen LogP contribution in [0, 0.1) is 17.8 Å². The molecule has 34 heavy (non-hydrogen) atoms. The Bertz CT molecular complexity index is 1070. The van der Waals surface area contributed by atoms with Crippen LogP contribution in [0.5, 0.6) is 0 Å². The molecule has 2 aliphatic carbocycles. The highest BCUT2D eigenvalue weighted by Crippen LogP contribution is 2.54. The average molecular weight is 472 g/mol. The fourth-order valence-electron chi connectivity index (χ4n) is 4.60. The molecule has 3 atom stereocenters. The molecule has 4 rings (SSSR count). The number of carboxylic acid groups (broad SMARTS) is 1. The lowest BCUT2D eigenvalue weighted by Crippen LogP contribution is -2.50. The van der Waals surface area contributed by atoms with E-state index in [-0.39, 0.29) is 18.4 Å². The van der Waals surface area contributed by atoms with Crippen LogP contribution in [0.15, 0.2) is 48.5 Å². The molecule has 2 aliphatic rings. The van der Waals surface area contributed by atoms with E-state index in [4.69, 9.17) is 9.84 Å². The minimum Gasteiger partial charge on any atom is -0.481 e. The third-order valence-electron chi connectivity index (χ3n) is 6.53. The molecule has 3 unspecified atom stereocenters. The quantitative estimate of drug-likeness (QED) is 0.544. The molecule has 0 radical (unpaired) electrons. The molecule has 1 saturated carbocycles. The molecule has 0 spiro atoms. The van der Waals surface area contributed by atoms with Crippen molar-refractivity contribution in [1.82, 2.24) is 10.6 Å². The Morgan fingerprint density at radius 2 is 1.59 bits per heavy atom. The second kappa shape index (κ2) is 9.04. The molecule has 1 fully saturated rings. The number of carbonyl (C=O) groups is 3. The van der Waals surface area contributed by atoms with Gasteiger partial charge in [0.05, 0.1) is 5.92 Å². The summed E-state index contributed by atoms with van der Waals surface area (Å²) in [4.78, 5) is 36.0. The zero-order chi connectivity index (χ0) is 24.6. The van der Waals surface area contributed by atoms with Crippen molar-refractivity contribution in [1.29, 1.82) is 0 Å². The van der Waals surface area contributed by atoms with Crippen LogP contribution < -0.4 is 10.6 Å². The number of amides is 2. The monoisotopic (exact) mass is 472 g/mol. The summed E-state index contributed by atoms with van der Waals surface area (Å²) in [5.41, 5.74) is 4.27. The third-order valence-corrected chi connectivity index (χ3v) is 6.53. The predicted molar refractivity (Wildman–Crippen MR) is 119 cm³/mol. The summed E-state index contributed by atoms with van der Waals surface area (Å²) in [6.45, 7) is 2.97. The molecule has 180 valence electrons. The molecule has 2 aromatic carbocycles. The Morgan fingerprint density at radius 1 is 1.03 bits per heavy atom. The number of benzene rings is 2. The number of aliphatic carboxylic acids is 1. The Morgan fingerprint density at radius 3 is 2.09 bits per heavy atom. The van der Waals surface area contributed by atoms with E-state index < -0.39 is 48.3 Å². The summed E-state index contributed by atoms with van der Waals surface area (Å²) in [5, 5.41) is 13.7. The number of halogens is 2. The van der Waals surface area contributed by atoms with Crippen LogP contribution in [0.4, 0.5) is 13.6 Å². The number of nitrogens with one attached hydrogen (secondary N) is 2. The molecular formula is C25H26F2N2O5.